The molecule has 56 valence electrons. The topological polar surface area (TPSA) is 20.2 Å². The molecule has 0 spiro atoms. The number of aliphatic hydroxyl groups excluding tert-OH is 1. The number of fused-ring (bicyclic) bond motifs is 1. The number of aliphatic hydroxyl groups is 1. The zero-order chi connectivity index (χ0) is 7.30. The summed E-state index contributed by atoms with van der Waals surface area (Å²) in [4.78, 5) is 0. The Morgan fingerprint density at radius 3 is 2.90 bits per heavy atom. The van der Waals surface area contributed by atoms with Gasteiger partial charge in [0.25, 0.3) is 0 Å². The summed E-state index contributed by atoms with van der Waals surface area (Å²) in [7, 11) is 0. The molecule has 0 aromatic heterocycles. The first-order valence-electron chi connectivity index (χ1n) is 4.06. The molecule has 0 aromatic carbocycles. The van der Waals surface area contributed by atoms with E-state index in [4.69, 9.17) is 0 Å². The van der Waals surface area contributed by atoms with E-state index in [1.807, 2.05) is 0 Å². The predicted molar refractivity (Wildman–Crippen MR) is 40.5 cm³/mol. The minimum atomic E-state index is -0.0382. The smallest absolute Gasteiger partial charge is 0.0636 e. The van der Waals surface area contributed by atoms with Crippen LogP contribution in [0.4, 0.5) is 0 Å². The molecule has 4 atom stereocenters. The number of hydrogen-bond acceptors (Lipinski definition) is 1. The summed E-state index contributed by atoms with van der Waals surface area (Å²) in [5.41, 5.74) is 1.41. The highest BCUT2D eigenvalue weighted by Gasteiger charge is 2.49. The van der Waals surface area contributed by atoms with Crippen molar-refractivity contribution < 1.29 is 5.11 Å². The van der Waals surface area contributed by atoms with Gasteiger partial charge in [-0.25, -0.2) is 0 Å². The Balaban J connectivity index is 2.16. The van der Waals surface area contributed by atoms with Crippen molar-refractivity contribution in [1.82, 2.24) is 0 Å². The van der Waals surface area contributed by atoms with E-state index in [1.165, 1.54) is 12.0 Å². The number of hydrogen-bond donors (Lipinski definition) is 1. The summed E-state index contributed by atoms with van der Waals surface area (Å²) < 4.78 is 0. The monoisotopic (exact) mass is 138 g/mol. The second-order valence-electron chi connectivity index (χ2n) is 3.72. The second-order valence-corrected chi connectivity index (χ2v) is 3.72. The third-order valence-corrected chi connectivity index (χ3v) is 3.28. The van der Waals surface area contributed by atoms with E-state index >= 15 is 0 Å². The van der Waals surface area contributed by atoms with Crippen molar-refractivity contribution in [2.75, 3.05) is 0 Å². The maximum Gasteiger partial charge on any atom is 0.0636 e. The van der Waals surface area contributed by atoms with Gasteiger partial charge < -0.3 is 5.11 Å². The number of rotatable bonds is 0. The Hall–Kier alpha value is -0.300. The lowest BCUT2D eigenvalue weighted by Crippen LogP contribution is -2.47. The van der Waals surface area contributed by atoms with E-state index in [2.05, 4.69) is 19.9 Å². The molecule has 2 aliphatic carbocycles. The van der Waals surface area contributed by atoms with Crippen LogP contribution in [0.3, 0.4) is 0 Å². The summed E-state index contributed by atoms with van der Waals surface area (Å²) >= 11 is 0. The molecule has 1 saturated carbocycles. The van der Waals surface area contributed by atoms with Crippen LogP contribution in [0.15, 0.2) is 11.6 Å². The molecule has 1 heteroatoms. The van der Waals surface area contributed by atoms with Crippen molar-refractivity contribution in [3.63, 3.8) is 0 Å². The summed E-state index contributed by atoms with van der Waals surface area (Å²) in [6.07, 6.45) is 3.44. The predicted octanol–water partition coefficient (Wildman–Crippen LogP) is 1.58. The lowest BCUT2D eigenvalue weighted by molar-refractivity contribution is -0.0648. The average molecular weight is 138 g/mol. The molecule has 0 bridgehead atoms. The van der Waals surface area contributed by atoms with E-state index in [0.717, 1.165) is 5.92 Å². The average Bonchev–Trinajstić information content (AvgIpc) is 2.27. The minimum absolute atomic E-state index is 0.0382. The van der Waals surface area contributed by atoms with Crippen LogP contribution in [0.1, 0.15) is 20.3 Å². The van der Waals surface area contributed by atoms with Crippen LogP contribution in [0.5, 0.6) is 0 Å². The van der Waals surface area contributed by atoms with Gasteiger partial charge in [0.1, 0.15) is 0 Å². The van der Waals surface area contributed by atoms with Gasteiger partial charge in [-0.15, -0.1) is 0 Å². The van der Waals surface area contributed by atoms with Gasteiger partial charge in [0, 0.05) is 5.92 Å². The fraction of sp³-hybridized carbons (Fsp3) is 0.778. The maximum absolute atomic E-state index is 9.52. The maximum atomic E-state index is 9.52. The van der Waals surface area contributed by atoms with E-state index in [0.29, 0.717) is 11.8 Å². The van der Waals surface area contributed by atoms with Crippen molar-refractivity contribution in [3.05, 3.63) is 11.6 Å². The highest BCUT2D eigenvalue weighted by Crippen LogP contribution is 2.50. The lowest BCUT2D eigenvalue weighted by Gasteiger charge is -2.45. The molecule has 0 amide bonds. The quantitative estimate of drug-likeness (QED) is 0.504. The van der Waals surface area contributed by atoms with Crippen molar-refractivity contribution in [2.24, 2.45) is 17.8 Å². The minimum Gasteiger partial charge on any atom is -0.392 e. The Labute approximate surface area is 61.8 Å². The van der Waals surface area contributed by atoms with Gasteiger partial charge in [0.2, 0.25) is 0 Å². The third kappa shape index (κ3) is 0.567. The third-order valence-electron chi connectivity index (χ3n) is 3.28. The molecule has 2 rings (SSSR count). The van der Waals surface area contributed by atoms with E-state index in [1.54, 1.807) is 0 Å². The fourth-order valence-corrected chi connectivity index (χ4v) is 2.44. The van der Waals surface area contributed by atoms with Crippen LogP contribution in [-0.4, -0.2) is 11.2 Å². The molecule has 4 unspecified atom stereocenters. The highest BCUT2D eigenvalue weighted by molar-refractivity contribution is 5.21. The SMILES string of the molecule is CC1=CCC2C(C)C(O)C12. The van der Waals surface area contributed by atoms with Gasteiger partial charge in [-0.2, -0.15) is 0 Å². The Morgan fingerprint density at radius 2 is 2.30 bits per heavy atom. The zero-order valence-electron chi connectivity index (χ0n) is 6.54. The van der Waals surface area contributed by atoms with Gasteiger partial charge in [-0.1, -0.05) is 18.6 Å². The molecule has 0 radical (unpaired) electrons. The van der Waals surface area contributed by atoms with Crippen LogP contribution in [0, 0.1) is 17.8 Å². The van der Waals surface area contributed by atoms with Crippen LogP contribution in [0.2, 0.25) is 0 Å². The van der Waals surface area contributed by atoms with Gasteiger partial charge in [0.05, 0.1) is 6.10 Å². The molecular weight excluding hydrogens is 124 g/mol. The molecule has 0 heterocycles. The molecule has 0 saturated heterocycles. The van der Waals surface area contributed by atoms with E-state index < -0.39 is 0 Å². The molecule has 0 aliphatic heterocycles. The Kier molecular flexibility index (Phi) is 1.19. The molecular formula is C9H14O. The number of allylic oxidation sites excluding steroid dienone is 1. The van der Waals surface area contributed by atoms with Crippen LogP contribution >= 0.6 is 0 Å². The van der Waals surface area contributed by atoms with Crippen molar-refractivity contribution in [1.29, 1.82) is 0 Å². The highest BCUT2D eigenvalue weighted by atomic mass is 16.3. The van der Waals surface area contributed by atoms with Gasteiger partial charge in [-0.3, -0.25) is 0 Å². The molecule has 1 N–H and O–H groups in total. The largest absolute Gasteiger partial charge is 0.392 e. The molecule has 0 aromatic rings. The molecule has 2 aliphatic rings. The first kappa shape index (κ1) is 6.41. The summed E-state index contributed by atoms with van der Waals surface area (Å²) in [6.45, 7) is 4.29. The van der Waals surface area contributed by atoms with Crippen LogP contribution in [0.25, 0.3) is 0 Å². The Bertz CT molecular complexity index is 183. The second kappa shape index (κ2) is 1.85. The summed E-state index contributed by atoms with van der Waals surface area (Å²) in [5, 5.41) is 9.52. The van der Waals surface area contributed by atoms with E-state index in [9.17, 15) is 5.11 Å². The fourth-order valence-electron chi connectivity index (χ4n) is 2.44. The van der Waals surface area contributed by atoms with Crippen LogP contribution < -0.4 is 0 Å². The van der Waals surface area contributed by atoms with E-state index in [-0.39, 0.29) is 6.10 Å². The van der Waals surface area contributed by atoms with Crippen molar-refractivity contribution in [3.8, 4) is 0 Å². The Morgan fingerprint density at radius 1 is 1.60 bits per heavy atom. The van der Waals surface area contributed by atoms with Gasteiger partial charge in [-0.05, 0) is 25.2 Å². The molecule has 1 nitrogen and oxygen atoms in total. The first-order valence-corrected chi connectivity index (χ1v) is 4.06. The van der Waals surface area contributed by atoms with Crippen molar-refractivity contribution in [2.45, 2.75) is 26.4 Å². The van der Waals surface area contributed by atoms with Crippen LogP contribution in [-0.2, 0) is 0 Å². The molecule has 1 fully saturated rings. The lowest BCUT2D eigenvalue weighted by atomic mass is 9.63. The van der Waals surface area contributed by atoms with Gasteiger partial charge >= 0.3 is 0 Å². The molecule has 10 heavy (non-hydrogen) atoms. The van der Waals surface area contributed by atoms with Crippen molar-refractivity contribution >= 4 is 0 Å². The summed E-state index contributed by atoms with van der Waals surface area (Å²) in [5.74, 6) is 1.84. The standard InChI is InChI=1S/C9H14O/c1-5-3-4-7-6(2)9(10)8(5)7/h3,6-10H,4H2,1-2H3. The zero-order valence-corrected chi connectivity index (χ0v) is 6.54. The van der Waals surface area contributed by atoms with Gasteiger partial charge in [0.15, 0.2) is 0 Å². The first-order chi connectivity index (χ1) is 4.72. The normalized spacial score (nSPS) is 51.7. The summed E-state index contributed by atoms with van der Waals surface area (Å²) in [6, 6.07) is 0.